The quantitative estimate of drug-likeness (QED) is 0.200. The summed E-state index contributed by atoms with van der Waals surface area (Å²) in [5, 5.41) is 7.97. The SMILES string of the molecule is CCCCCCCCC(CCC(C)C#N)C(Cl)(OCC)OCC. The van der Waals surface area contributed by atoms with Gasteiger partial charge in [0.2, 0.25) is 0 Å². The first-order valence-corrected chi connectivity index (χ1v) is 9.78. The van der Waals surface area contributed by atoms with Crippen LogP contribution in [0.4, 0.5) is 0 Å². The van der Waals surface area contributed by atoms with Crippen LogP contribution in [0.25, 0.3) is 0 Å². The van der Waals surface area contributed by atoms with Crippen LogP contribution in [0.5, 0.6) is 0 Å². The maximum absolute atomic E-state index is 9.01. The minimum Gasteiger partial charge on any atom is -0.337 e. The van der Waals surface area contributed by atoms with Crippen molar-refractivity contribution in [1.29, 1.82) is 5.26 Å². The molecule has 0 N–H and O–H groups in total. The van der Waals surface area contributed by atoms with E-state index in [1.807, 2.05) is 20.8 Å². The van der Waals surface area contributed by atoms with Gasteiger partial charge in [0, 0.05) is 25.0 Å². The summed E-state index contributed by atoms with van der Waals surface area (Å²) < 4.78 is 11.5. The van der Waals surface area contributed by atoms with E-state index in [0.717, 1.165) is 25.7 Å². The molecule has 0 aromatic heterocycles. The highest BCUT2D eigenvalue weighted by molar-refractivity contribution is 6.22. The Labute approximate surface area is 148 Å². The molecule has 0 spiro atoms. The van der Waals surface area contributed by atoms with Crippen molar-refractivity contribution >= 4 is 11.6 Å². The molecular formula is C19H36ClNO2. The molecule has 0 aliphatic heterocycles. The van der Waals surface area contributed by atoms with Gasteiger partial charge < -0.3 is 9.47 Å². The molecule has 0 radical (unpaired) electrons. The van der Waals surface area contributed by atoms with Crippen molar-refractivity contribution in [2.45, 2.75) is 90.7 Å². The molecule has 0 aromatic rings. The number of alkyl halides is 1. The molecule has 0 amide bonds. The molecule has 0 heterocycles. The average molecular weight is 346 g/mol. The van der Waals surface area contributed by atoms with Crippen LogP contribution in [0.2, 0.25) is 0 Å². The molecule has 0 rings (SSSR count). The third kappa shape index (κ3) is 10.2. The van der Waals surface area contributed by atoms with Crippen molar-refractivity contribution < 1.29 is 9.47 Å². The zero-order chi connectivity index (χ0) is 17.6. The van der Waals surface area contributed by atoms with Crippen molar-refractivity contribution in [3.05, 3.63) is 0 Å². The standard InChI is InChI=1S/C19H36ClNO2/c1-5-8-9-10-11-12-13-18(15-14-17(4)16-21)19(20,22-6-2)23-7-3/h17-18H,5-15H2,1-4H3. The smallest absolute Gasteiger partial charge is 0.251 e. The third-order valence-corrected chi connectivity index (χ3v) is 4.77. The highest BCUT2D eigenvalue weighted by atomic mass is 35.5. The van der Waals surface area contributed by atoms with Gasteiger partial charge in [-0.15, -0.1) is 0 Å². The van der Waals surface area contributed by atoms with Crippen LogP contribution < -0.4 is 0 Å². The summed E-state index contributed by atoms with van der Waals surface area (Å²) in [6.45, 7) is 9.14. The number of unbranched alkanes of at least 4 members (excludes halogenated alkanes) is 5. The topological polar surface area (TPSA) is 42.2 Å². The van der Waals surface area contributed by atoms with Gasteiger partial charge in [0.25, 0.3) is 5.25 Å². The fourth-order valence-electron chi connectivity index (χ4n) is 2.85. The summed E-state index contributed by atoms with van der Waals surface area (Å²) in [7, 11) is 0. The van der Waals surface area contributed by atoms with E-state index in [1.54, 1.807) is 0 Å². The molecule has 0 aliphatic carbocycles. The lowest BCUT2D eigenvalue weighted by Gasteiger charge is -2.35. The van der Waals surface area contributed by atoms with E-state index in [4.69, 9.17) is 26.3 Å². The Morgan fingerprint density at radius 3 is 2.00 bits per heavy atom. The van der Waals surface area contributed by atoms with Gasteiger partial charge in [-0.05, 0) is 40.0 Å². The van der Waals surface area contributed by atoms with E-state index in [9.17, 15) is 0 Å². The van der Waals surface area contributed by atoms with Crippen LogP contribution in [0, 0.1) is 23.2 Å². The molecule has 23 heavy (non-hydrogen) atoms. The normalized spacial score (nSPS) is 14.4. The van der Waals surface area contributed by atoms with Gasteiger partial charge in [-0.1, -0.05) is 57.0 Å². The van der Waals surface area contributed by atoms with E-state index in [0.29, 0.717) is 13.2 Å². The van der Waals surface area contributed by atoms with Gasteiger partial charge in [0.15, 0.2) is 0 Å². The number of ether oxygens (including phenoxy) is 2. The Morgan fingerprint density at radius 1 is 0.913 bits per heavy atom. The molecule has 4 heteroatoms. The first-order valence-electron chi connectivity index (χ1n) is 9.40. The number of halogens is 1. The van der Waals surface area contributed by atoms with E-state index >= 15 is 0 Å². The molecule has 3 nitrogen and oxygen atoms in total. The van der Waals surface area contributed by atoms with Crippen LogP contribution in [-0.4, -0.2) is 18.5 Å². The van der Waals surface area contributed by atoms with Crippen LogP contribution in [-0.2, 0) is 9.47 Å². The number of hydrogen-bond donors (Lipinski definition) is 0. The second-order valence-electron chi connectivity index (χ2n) is 6.31. The summed E-state index contributed by atoms with van der Waals surface area (Å²) in [6.07, 6.45) is 10.3. The van der Waals surface area contributed by atoms with Gasteiger partial charge in [-0.3, -0.25) is 0 Å². The van der Waals surface area contributed by atoms with E-state index < -0.39 is 5.25 Å². The molecule has 2 atom stereocenters. The van der Waals surface area contributed by atoms with E-state index in [2.05, 4.69) is 13.0 Å². The second kappa shape index (κ2) is 14.1. The molecule has 0 aliphatic rings. The average Bonchev–Trinajstić information content (AvgIpc) is 2.53. The zero-order valence-electron chi connectivity index (χ0n) is 15.6. The Hall–Kier alpha value is -0.300. The Morgan fingerprint density at radius 2 is 1.48 bits per heavy atom. The zero-order valence-corrected chi connectivity index (χ0v) is 16.3. The van der Waals surface area contributed by atoms with E-state index in [-0.39, 0.29) is 11.8 Å². The summed E-state index contributed by atoms with van der Waals surface area (Å²) in [6, 6.07) is 2.30. The lowest BCUT2D eigenvalue weighted by Crippen LogP contribution is -2.38. The fraction of sp³-hybridized carbons (Fsp3) is 0.947. The lowest BCUT2D eigenvalue weighted by molar-refractivity contribution is -0.207. The van der Waals surface area contributed by atoms with Crippen molar-refractivity contribution in [3.8, 4) is 6.07 Å². The first-order chi connectivity index (χ1) is 11.0. The number of nitrogens with zero attached hydrogens (tertiary/aromatic N) is 1. The molecule has 2 unspecified atom stereocenters. The first kappa shape index (κ1) is 22.7. The molecule has 0 fully saturated rings. The summed E-state index contributed by atoms with van der Waals surface area (Å²) in [5.74, 6) is 0.178. The Kier molecular flexibility index (Phi) is 13.9. The number of hydrogen-bond acceptors (Lipinski definition) is 3. The monoisotopic (exact) mass is 345 g/mol. The summed E-state index contributed by atoms with van der Waals surface area (Å²) in [4.78, 5) is 0. The minimum atomic E-state index is -1.04. The lowest BCUT2D eigenvalue weighted by atomic mass is 9.91. The molecule has 0 saturated carbocycles. The predicted octanol–water partition coefficient (Wildman–Crippen LogP) is 6.26. The maximum Gasteiger partial charge on any atom is 0.251 e. The maximum atomic E-state index is 9.01. The summed E-state index contributed by atoms with van der Waals surface area (Å²) in [5.41, 5.74) is 0. The van der Waals surface area contributed by atoms with Gasteiger partial charge in [-0.2, -0.15) is 5.26 Å². The highest BCUT2D eigenvalue weighted by Crippen LogP contribution is 2.36. The minimum absolute atomic E-state index is 0.0474. The van der Waals surface area contributed by atoms with Crippen molar-refractivity contribution in [3.63, 3.8) is 0 Å². The van der Waals surface area contributed by atoms with Crippen LogP contribution in [0.15, 0.2) is 0 Å². The van der Waals surface area contributed by atoms with Gasteiger partial charge >= 0.3 is 0 Å². The molecule has 0 bridgehead atoms. The van der Waals surface area contributed by atoms with Gasteiger partial charge in [0.1, 0.15) is 0 Å². The van der Waals surface area contributed by atoms with Crippen LogP contribution in [0.3, 0.4) is 0 Å². The highest BCUT2D eigenvalue weighted by Gasteiger charge is 2.38. The molecule has 0 saturated heterocycles. The van der Waals surface area contributed by atoms with Crippen molar-refractivity contribution in [2.24, 2.45) is 11.8 Å². The largest absolute Gasteiger partial charge is 0.337 e. The van der Waals surface area contributed by atoms with Crippen LogP contribution >= 0.6 is 11.6 Å². The Bertz CT molecular complexity index is 311. The second-order valence-corrected chi connectivity index (χ2v) is 6.84. The van der Waals surface area contributed by atoms with Crippen LogP contribution in [0.1, 0.15) is 85.5 Å². The summed E-state index contributed by atoms with van der Waals surface area (Å²) >= 11 is 6.67. The van der Waals surface area contributed by atoms with Gasteiger partial charge in [0.05, 0.1) is 6.07 Å². The third-order valence-electron chi connectivity index (χ3n) is 4.24. The van der Waals surface area contributed by atoms with Crippen molar-refractivity contribution in [2.75, 3.05) is 13.2 Å². The Balaban J connectivity index is 4.55. The van der Waals surface area contributed by atoms with Crippen molar-refractivity contribution in [1.82, 2.24) is 0 Å². The molecule has 136 valence electrons. The predicted molar refractivity (Wildman–Crippen MR) is 97.3 cm³/mol. The molecule has 0 aromatic carbocycles. The number of rotatable bonds is 15. The molecular weight excluding hydrogens is 310 g/mol. The van der Waals surface area contributed by atoms with E-state index in [1.165, 1.54) is 32.1 Å². The van der Waals surface area contributed by atoms with Gasteiger partial charge in [-0.25, -0.2) is 0 Å². The fourth-order valence-corrected chi connectivity index (χ4v) is 3.28. The number of nitriles is 1.